The summed E-state index contributed by atoms with van der Waals surface area (Å²) in [6, 6.07) is 3.65. The number of anilines is 3. The first-order valence-electron chi connectivity index (χ1n) is 11.6. The van der Waals surface area contributed by atoms with Crippen LogP contribution < -0.4 is 20.7 Å². The molecule has 1 amide bonds. The molecule has 3 heterocycles. The molecule has 2 aromatic heterocycles. The van der Waals surface area contributed by atoms with Gasteiger partial charge in [0, 0.05) is 37.0 Å². The number of carbonyl (C=O) groups excluding carboxylic acids is 1. The topological polar surface area (TPSA) is 97.4 Å². The Morgan fingerprint density at radius 3 is 2.71 bits per heavy atom. The number of nitrogens with one attached hydrogen (secondary N) is 3. The number of pyridine rings is 2. The van der Waals surface area contributed by atoms with Crippen molar-refractivity contribution < 1.29 is 18.7 Å². The van der Waals surface area contributed by atoms with Crippen LogP contribution in [0.2, 0.25) is 0 Å². The fourth-order valence-corrected chi connectivity index (χ4v) is 4.21. The Bertz CT molecular complexity index is 1130. The minimum Gasteiger partial charge on any atom is -0.491 e. The van der Waals surface area contributed by atoms with Gasteiger partial charge in [-0.25, -0.2) is 19.2 Å². The second-order valence-corrected chi connectivity index (χ2v) is 9.63. The first-order valence-corrected chi connectivity index (χ1v) is 11.6. The van der Waals surface area contributed by atoms with Gasteiger partial charge < -0.3 is 25.4 Å². The minimum atomic E-state index is -0.554. The number of carbonyl (C=O) groups is 1. The van der Waals surface area contributed by atoms with Gasteiger partial charge in [-0.2, -0.15) is 0 Å². The molecule has 0 fully saturated rings. The second-order valence-electron chi connectivity index (χ2n) is 9.63. The van der Waals surface area contributed by atoms with Crippen LogP contribution in [0.1, 0.15) is 57.0 Å². The summed E-state index contributed by atoms with van der Waals surface area (Å²) >= 11 is 0. The Labute approximate surface area is 199 Å². The Morgan fingerprint density at radius 1 is 1.24 bits per heavy atom. The number of halogens is 1. The summed E-state index contributed by atoms with van der Waals surface area (Å²) in [6.45, 7) is 7.84. The van der Waals surface area contributed by atoms with Crippen LogP contribution in [0.5, 0.6) is 5.75 Å². The molecular weight excluding hydrogens is 437 g/mol. The molecule has 2 aromatic rings. The van der Waals surface area contributed by atoms with E-state index in [1.165, 1.54) is 0 Å². The molecule has 2 aliphatic rings. The first kappa shape index (κ1) is 23.8. The summed E-state index contributed by atoms with van der Waals surface area (Å²) < 4.78 is 26.9. The molecule has 4 rings (SSSR count). The van der Waals surface area contributed by atoms with Gasteiger partial charge in [-0.3, -0.25) is 0 Å². The lowest BCUT2D eigenvalue weighted by Gasteiger charge is -2.26. The Morgan fingerprint density at radius 2 is 2.03 bits per heavy atom. The zero-order chi connectivity index (χ0) is 24.5. The van der Waals surface area contributed by atoms with Gasteiger partial charge in [-0.1, -0.05) is 6.08 Å². The zero-order valence-electron chi connectivity index (χ0n) is 20.3. The van der Waals surface area contributed by atoms with Crippen LogP contribution in [0.4, 0.5) is 26.5 Å². The highest BCUT2D eigenvalue weighted by Crippen LogP contribution is 2.41. The van der Waals surface area contributed by atoms with E-state index < -0.39 is 17.5 Å². The van der Waals surface area contributed by atoms with Crippen LogP contribution in [0.3, 0.4) is 0 Å². The van der Waals surface area contributed by atoms with Crippen molar-refractivity contribution in [1.29, 1.82) is 0 Å². The summed E-state index contributed by atoms with van der Waals surface area (Å²) in [7, 11) is 1.82. The number of hydrogen-bond donors (Lipinski definition) is 3. The lowest BCUT2D eigenvalue weighted by molar-refractivity contribution is 0.0502. The van der Waals surface area contributed by atoms with Crippen molar-refractivity contribution in [3.8, 4) is 5.75 Å². The van der Waals surface area contributed by atoms with Crippen molar-refractivity contribution in [2.45, 2.75) is 65.0 Å². The number of hydrogen-bond acceptors (Lipinski definition) is 7. The number of fused-ring (bicyclic) bond motifs is 1. The van der Waals surface area contributed by atoms with Crippen molar-refractivity contribution in [1.82, 2.24) is 15.3 Å². The molecule has 1 unspecified atom stereocenters. The molecule has 3 N–H and O–H groups in total. The van der Waals surface area contributed by atoms with Gasteiger partial charge in [-0.15, -0.1) is 0 Å². The summed E-state index contributed by atoms with van der Waals surface area (Å²) in [5, 5.41) is 9.05. The predicted octanol–water partition coefficient (Wildman–Crippen LogP) is 5.10. The maximum absolute atomic E-state index is 15.8. The molecule has 9 heteroatoms. The maximum Gasteiger partial charge on any atom is 0.407 e. The standard InChI is InChI=1S/C25H32FN5O3/c1-14-12-17(27-5)13-19(28-14)31-23-21(26)20(22-18(30-23)10-11-33-22)15-6-8-16(9-7-15)29-24(32)34-25(2,3)4/h6,12-13,16H,7-11H2,1-5H3,(H,29,32)(H2,27,28,30,31). The average molecular weight is 470 g/mol. The Balaban J connectivity index is 1.58. The Hall–Kier alpha value is -3.36. The number of amides is 1. The molecule has 0 saturated heterocycles. The number of nitrogens with zero attached hydrogens (tertiary/aromatic N) is 2. The molecule has 0 aromatic carbocycles. The van der Waals surface area contributed by atoms with E-state index in [1.807, 2.05) is 53.0 Å². The molecule has 1 aliphatic carbocycles. The van der Waals surface area contributed by atoms with Crippen LogP contribution in [-0.4, -0.2) is 41.4 Å². The molecule has 0 radical (unpaired) electrons. The molecule has 8 nitrogen and oxygen atoms in total. The molecule has 0 saturated carbocycles. The second kappa shape index (κ2) is 9.48. The van der Waals surface area contributed by atoms with E-state index in [-0.39, 0.29) is 11.9 Å². The van der Waals surface area contributed by atoms with Crippen molar-refractivity contribution in [3.63, 3.8) is 0 Å². The number of aromatic nitrogens is 2. The van der Waals surface area contributed by atoms with Crippen LogP contribution in [-0.2, 0) is 11.2 Å². The van der Waals surface area contributed by atoms with E-state index in [9.17, 15) is 4.79 Å². The number of alkyl carbamates (subject to hydrolysis) is 1. The van der Waals surface area contributed by atoms with Crippen molar-refractivity contribution >= 4 is 29.0 Å². The third kappa shape index (κ3) is 5.40. The van der Waals surface area contributed by atoms with Gasteiger partial charge >= 0.3 is 6.09 Å². The maximum atomic E-state index is 15.8. The smallest absolute Gasteiger partial charge is 0.407 e. The normalized spacial score (nSPS) is 17.4. The van der Waals surface area contributed by atoms with Crippen LogP contribution in [0.15, 0.2) is 18.2 Å². The van der Waals surface area contributed by atoms with Gasteiger partial charge in [0.1, 0.15) is 11.4 Å². The zero-order valence-corrected chi connectivity index (χ0v) is 20.3. The van der Waals surface area contributed by atoms with Gasteiger partial charge in [-0.05, 0) is 58.6 Å². The predicted molar refractivity (Wildman–Crippen MR) is 130 cm³/mol. The third-order valence-corrected chi connectivity index (χ3v) is 5.69. The third-order valence-electron chi connectivity index (χ3n) is 5.69. The van der Waals surface area contributed by atoms with Gasteiger partial charge in [0.05, 0.1) is 17.9 Å². The SMILES string of the molecule is CNc1cc(C)nc(Nc2nc3c(c(C4=CCC(NC(=O)OC(C)(C)C)CC4)c2F)OCC3)c1. The molecule has 1 aliphatic heterocycles. The lowest BCUT2D eigenvalue weighted by atomic mass is 9.90. The highest BCUT2D eigenvalue weighted by molar-refractivity contribution is 5.77. The summed E-state index contributed by atoms with van der Waals surface area (Å²) in [5.41, 5.74) is 3.16. The first-order chi connectivity index (χ1) is 16.1. The summed E-state index contributed by atoms with van der Waals surface area (Å²) in [4.78, 5) is 21.1. The number of allylic oxidation sites excluding steroid dienone is 1. The van der Waals surface area contributed by atoms with Crippen LogP contribution >= 0.6 is 0 Å². The fourth-order valence-electron chi connectivity index (χ4n) is 4.21. The largest absolute Gasteiger partial charge is 0.491 e. The molecule has 34 heavy (non-hydrogen) atoms. The van der Waals surface area contributed by atoms with Gasteiger partial charge in [0.25, 0.3) is 0 Å². The van der Waals surface area contributed by atoms with Crippen LogP contribution in [0, 0.1) is 12.7 Å². The fraction of sp³-hybridized carbons (Fsp3) is 0.480. The quantitative estimate of drug-likeness (QED) is 0.560. The summed E-state index contributed by atoms with van der Waals surface area (Å²) in [5.74, 6) is 0.704. The van der Waals surface area contributed by atoms with Gasteiger partial charge in [0.15, 0.2) is 17.4 Å². The summed E-state index contributed by atoms with van der Waals surface area (Å²) in [6.07, 6.45) is 4.01. The molecule has 0 spiro atoms. The molecule has 182 valence electrons. The average Bonchev–Trinajstić information content (AvgIpc) is 3.21. The Kier molecular flexibility index (Phi) is 6.63. The van der Waals surface area contributed by atoms with E-state index >= 15 is 4.39 Å². The van der Waals surface area contributed by atoms with Crippen LogP contribution in [0.25, 0.3) is 5.57 Å². The van der Waals surface area contributed by atoms with E-state index in [0.717, 1.165) is 22.6 Å². The monoisotopic (exact) mass is 469 g/mol. The number of ether oxygens (including phenoxy) is 2. The molecule has 1 atom stereocenters. The number of rotatable bonds is 5. The van der Waals surface area contributed by atoms with E-state index in [4.69, 9.17) is 9.47 Å². The minimum absolute atomic E-state index is 0.0634. The van der Waals surface area contributed by atoms with Crippen molar-refractivity contribution in [3.05, 3.63) is 41.0 Å². The van der Waals surface area contributed by atoms with Gasteiger partial charge in [0.2, 0.25) is 0 Å². The van der Waals surface area contributed by atoms with E-state index in [1.54, 1.807) is 0 Å². The van der Waals surface area contributed by atoms with E-state index in [2.05, 4.69) is 25.9 Å². The van der Waals surface area contributed by atoms with E-state index in [0.29, 0.717) is 49.4 Å². The highest BCUT2D eigenvalue weighted by atomic mass is 19.1. The highest BCUT2D eigenvalue weighted by Gasteiger charge is 2.29. The van der Waals surface area contributed by atoms with Crippen molar-refractivity contribution in [2.75, 3.05) is 24.3 Å². The number of aryl methyl sites for hydroxylation is 1. The van der Waals surface area contributed by atoms with Crippen molar-refractivity contribution in [2.24, 2.45) is 0 Å². The molecular formula is C25H32FN5O3. The molecule has 0 bridgehead atoms. The lowest BCUT2D eigenvalue weighted by Crippen LogP contribution is -2.39.